The van der Waals surface area contributed by atoms with E-state index in [1.54, 1.807) is 0 Å². The molecule has 0 saturated carbocycles. The maximum atomic E-state index is 5.76. The molecule has 0 aromatic heterocycles. The SMILES string of the molecule is CCOc1ccccc1CN1CCN(Cc2ccc3c(c2)OCO3)CC1. The molecule has 1 saturated heterocycles. The summed E-state index contributed by atoms with van der Waals surface area (Å²) in [5.74, 6) is 2.73. The number of hydrogen-bond donors (Lipinski definition) is 0. The second-order valence-corrected chi connectivity index (χ2v) is 6.78. The van der Waals surface area contributed by atoms with Gasteiger partial charge in [-0.1, -0.05) is 24.3 Å². The minimum atomic E-state index is 0.334. The molecule has 5 nitrogen and oxygen atoms in total. The molecule has 5 heteroatoms. The minimum absolute atomic E-state index is 0.334. The molecule has 138 valence electrons. The van der Waals surface area contributed by atoms with Crippen LogP contribution in [0.4, 0.5) is 0 Å². The zero-order valence-corrected chi connectivity index (χ0v) is 15.3. The van der Waals surface area contributed by atoms with Gasteiger partial charge in [0.2, 0.25) is 6.79 Å². The van der Waals surface area contributed by atoms with Gasteiger partial charge in [-0.25, -0.2) is 0 Å². The summed E-state index contributed by atoms with van der Waals surface area (Å²) in [6.07, 6.45) is 0. The molecule has 2 aromatic rings. The van der Waals surface area contributed by atoms with Crippen LogP contribution in [0.1, 0.15) is 18.1 Å². The molecule has 0 atom stereocenters. The Morgan fingerprint density at radius 2 is 1.62 bits per heavy atom. The largest absolute Gasteiger partial charge is 0.494 e. The summed E-state index contributed by atoms with van der Waals surface area (Å²) in [5.41, 5.74) is 2.56. The van der Waals surface area contributed by atoms with E-state index >= 15 is 0 Å². The summed E-state index contributed by atoms with van der Waals surface area (Å²) in [6.45, 7) is 9.28. The van der Waals surface area contributed by atoms with Crippen molar-refractivity contribution in [3.63, 3.8) is 0 Å². The van der Waals surface area contributed by atoms with Crippen molar-refractivity contribution in [1.82, 2.24) is 9.80 Å². The monoisotopic (exact) mass is 354 g/mol. The highest BCUT2D eigenvalue weighted by atomic mass is 16.7. The molecule has 2 aromatic carbocycles. The lowest BCUT2D eigenvalue weighted by Gasteiger charge is -2.35. The zero-order valence-electron chi connectivity index (χ0n) is 15.3. The molecule has 0 unspecified atom stereocenters. The van der Waals surface area contributed by atoms with Gasteiger partial charge in [0.05, 0.1) is 6.61 Å². The Kier molecular flexibility index (Phi) is 5.27. The second-order valence-electron chi connectivity index (χ2n) is 6.78. The average Bonchev–Trinajstić information content (AvgIpc) is 3.13. The van der Waals surface area contributed by atoms with Gasteiger partial charge in [-0.3, -0.25) is 9.80 Å². The fourth-order valence-electron chi connectivity index (χ4n) is 3.57. The van der Waals surface area contributed by atoms with Crippen molar-refractivity contribution in [2.75, 3.05) is 39.6 Å². The lowest BCUT2D eigenvalue weighted by atomic mass is 10.1. The lowest BCUT2D eigenvalue weighted by Crippen LogP contribution is -2.45. The molecule has 2 aliphatic rings. The number of piperazine rings is 1. The molecule has 0 spiro atoms. The fraction of sp³-hybridized carbons (Fsp3) is 0.429. The van der Waals surface area contributed by atoms with E-state index in [4.69, 9.17) is 14.2 Å². The Hall–Kier alpha value is -2.24. The lowest BCUT2D eigenvalue weighted by molar-refractivity contribution is 0.121. The molecule has 0 bridgehead atoms. The molecule has 0 aliphatic carbocycles. The van der Waals surface area contributed by atoms with Gasteiger partial charge in [0.1, 0.15) is 5.75 Å². The van der Waals surface area contributed by atoms with Crippen LogP contribution in [0.2, 0.25) is 0 Å². The maximum Gasteiger partial charge on any atom is 0.231 e. The van der Waals surface area contributed by atoms with E-state index < -0.39 is 0 Å². The molecule has 0 amide bonds. The van der Waals surface area contributed by atoms with Crippen LogP contribution in [-0.4, -0.2) is 49.4 Å². The first kappa shape index (κ1) is 17.2. The number of nitrogens with zero attached hydrogens (tertiary/aromatic N) is 2. The number of fused-ring (bicyclic) bond motifs is 1. The molecule has 2 aliphatic heterocycles. The predicted octanol–water partition coefficient (Wildman–Crippen LogP) is 3.13. The van der Waals surface area contributed by atoms with Crippen molar-refractivity contribution in [3.8, 4) is 17.2 Å². The van der Waals surface area contributed by atoms with E-state index in [0.29, 0.717) is 13.4 Å². The summed E-state index contributed by atoms with van der Waals surface area (Å²) in [5, 5.41) is 0. The number of benzene rings is 2. The van der Waals surface area contributed by atoms with E-state index in [2.05, 4.69) is 40.1 Å². The van der Waals surface area contributed by atoms with Crippen LogP contribution >= 0.6 is 0 Å². The van der Waals surface area contributed by atoms with E-state index in [1.165, 1.54) is 11.1 Å². The van der Waals surface area contributed by atoms with Gasteiger partial charge >= 0.3 is 0 Å². The van der Waals surface area contributed by atoms with Gasteiger partial charge in [0.15, 0.2) is 11.5 Å². The van der Waals surface area contributed by atoms with Crippen molar-refractivity contribution in [2.24, 2.45) is 0 Å². The van der Waals surface area contributed by atoms with Crippen molar-refractivity contribution in [3.05, 3.63) is 53.6 Å². The molecule has 4 rings (SSSR count). The van der Waals surface area contributed by atoms with Gasteiger partial charge in [0, 0.05) is 44.8 Å². The molecule has 2 heterocycles. The van der Waals surface area contributed by atoms with Crippen molar-refractivity contribution in [2.45, 2.75) is 20.0 Å². The standard InChI is InChI=1S/C21H26N2O3/c1-2-24-19-6-4-3-5-18(19)15-23-11-9-22(10-12-23)14-17-7-8-20-21(13-17)26-16-25-20/h3-8,13H,2,9-12,14-16H2,1H3. The third-order valence-corrected chi connectivity index (χ3v) is 4.97. The third-order valence-electron chi connectivity index (χ3n) is 4.97. The van der Waals surface area contributed by atoms with Crippen molar-refractivity contribution in [1.29, 1.82) is 0 Å². The smallest absolute Gasteiger partial charge is 0.231 e. The number of hydrogen-bond acceptors (Lipinski definition) is 5. The topological polar surface area (TPSA) is 34.2 Å². The summed E-state index contributed by atoms with van der Waals surface area (Å²) in [7, 11) is 0. The predicted molar refractivity (Wildman–Crippen MR) is 101 cm³/mol. The van der Waals surface area contributed by atoms with Gasteiger partial charge in [-0.05, 0) is 30.7 Å². The third kappa shape index (κ3) is 3.94. The van der Waals surface area contributed by atoms with Crippen LogP contribution in [0.15, 0.2) is 42.5 Å². The Morgan fingerprint density at radius 3 is 2.42 bits per heavy atom. The molecule has 26 heavy (non-hydrogen) atoms. The van der Waals surface area contributed by atoms with E-state index in [9.17, 15) is 0 Å². The van der Waals surface area contributed by atoms with E-state index in [0.717, 1.165) is 56.5 Å². The quantitative estimate of drug-likeness (QED) is 0.796. The second kappa shape index (κ2) is 7.98. The fourth-order valence-corrected chi connectivity index (χ4v) is 3.57. The summed E-state index contributed by atoms with van der Waals surface area (Å²) >= 11 is 0. The highest BCUT2D eigenvalue weighted by molar-refractivity contribution is 5.44. The highest BCUT2D eigenvalue weighted by Gasteiger charge is 2.19. The Labute approximate surface area is 155 Å². The maximum absolute atomic E-state index is 5.76. The first-order valence-corrected chi connectivity index (χ1v) is 9.36. The van der Waals surface area contributed by atoms with Crippen LogP contribution in [0.25, 0.3) is 0 Å². The van der Waals surface area contributed by atoms with Crippen LogP contribution in [-0.2, 0) is 13.1 Å². The molecule has 0 radical (unpaired) electrons. The summed E-state index contributed by atoms with van der Waals surface area (Å²) in [6, 6.07) is 14.6. The van der Waals surface area contributed by atoms with Crippen LogP contribution in [0.3, 0.4) is 0 Å². The zero-order chi connectivity index (χ0) is 17.8. The normalized spacial score (nSPS) is 17.4. The summed E-state index contributed by atoms with van der Waals surface area (Å²) in [4.78, 5) is 5.01. The molecule has 0 N–H and O–H groups in total. The van der Waals surface area contributed by atoms with Gasteiger partial charge in [-0.15, -0.1) is 0 Å². The number of rotatable bonds is 6. The van der Waals surface area contributed by atoms with Crippen molar-refractivity contribution >= 4 is 0 Å². The molecule has 1 fully saturated rings. The van der Waals surface area contributed by atoms with Crippen molar-refractivity contribution < 1.29 is 14.2 Å². The van der Waals surface area contributed by atoms with E-state index in [1.807, 2.05) is 19.1 Å². The molecular weight excluding hydrogens is 328 g/mol. The Morgan fingerprint density at radius 1 is 0.885 bits per heavy atom. The Balaban J connectivity index is 1.30. The Bertz CT molecular complexity index is 742. The first-order valence-electron chi connectivity index (χ1n) is 9.36. The number of para-hydroxylation sites is 1. The van der Waals surface area contributed by atoms with Crippen LogP contribution < -0.4 is 14.2 Å². The van der Waals surface area contributed by atoms with Gasteiger partial charge < -0.3 is 14.2 Å². The highest BCUT2D eigenvalue weighted by Crippen LogP contribution is 2.32. The van der Waals surface area contributed by atoms with Gasteiger partial charge in [0.25, 0.3) is 0 Å². The van der Waals surface area contributed by atoms with Gasteiger partial charge in [-0.2, -0.15) is 0 Å². The first-order chi connectivity index (χ1) is 12.8. The minimum Gasteiger partial charge on any atom is -0.494 e. The number of ether oxygens (including phenoxy) is 3. The summed E-state index contributed by atoms with van der Waals surface area (Å²) < 4.78 is 16.6. The average molecular weight is 354 g/mol. The van der Waals surface area contributed by atoms with Crippen LogP contribution in [0.5, 0.6) is 17.2 Å². The van der Waals surface area contributed by atoms with E-state index in [-0.39, 0.29) is 0 Å². The molecular formula is C21H26N2O3. The van der Waals surface area contributed by atoms with Crippen LogP contribution in [0, 0.1) is 0 Å².